The standard InChI is InChI=1S/C12H17N3O4S/c13-10-6-8(12(14)17)3-4-11(10)20(18,19)15-5-1-2-9(16)7-15/h3-4,6,9,16H,1-2,5,7,13H2,(H2,14,17)/t9-/m0/s1. The number of carbonyl (C=O) groups is 1. The lowest BCUT2D eigenvalue weighted by molar-refractivity contribution is 0.1000. The van der Waals surface area contributed by atoms with E-state index < -0.39 is 22.0 Å². The van der Waals surface area contributed by atoms with Crippen LogP contribution in [0.25, 0.3) is 0 Å². The van der Waals surface area contributed by atoms with Crippen molar-refractivity contribution < 1.29 is 18.3 Å². The number of sulfonamides is 1. The number of hydrogen-bond acceptors (Lipinski definition) is 5. The van der Waals surface area contributed by atoms with Crippen LogP contribution < -0.4 is 11.5 Å². The number of nitrogens with two attached hydrogens (primary N) is 2. The summed E-state index contributed by atoms with van der Waals surface area (Å²) >= 11 is 0. The molecule has 1 aromatic carbocycles. The zero-order chi connectivity index (χ0) is 14.9. The molecule has 1 fully saturated rings. The molecule has 0 aliphatic carbocycles. The summed E-state index contributed by atoms with van der Waals surface area (Å²) in [4.78, 5) is 11.0. The minimum Gasteiger partial charge on any atom is -0.398 e. The Kier molecular flexibility index (Phi) is 3.98. The van der Waals surface area contributed by atoms with Gasteiger partial charge in [0, 0.05) is 18.7 Å². The molecule has 0 radical (unpaired) electrons. The average molecular weight is 299 g/mol. The number of aliphatic hydroxyl groups excluding tert-OH is 1. The third-order valence-corrected chi connectivity index (χ3v) is 5.21. The van der Waals surface area contributed by atoms with Gasteiger partial charge >= 0.3 is 0 Å². The molecule has 0 spiro atoms. The molecule has 1 saturated heterocycles. The predicted octanol–water partition coefficient (Wildman–Crippen LogP) is -0.487. The van der Waals surface area contributed by atoms with Crippen LogP contribution in [0.2, 0.25) is 0 Å². The van der Waals surface area contributed by atoms with Crippen LogP contribution in [0.3, 0.4) is 0 Å². The quantitative estimate of drug-likeness (QED) is 0.649. The van der Waals surface area contributed by atoms with Gasteiger partial charge in [-0.05, 0) is 31.0 Å². The minimum absolute atomic E-state index is 0.0265. The van der Waals surface area contributed by atoms with Gasteiger partial charge in [0.05, 0.1) is 11.8 Å². The first-order valence-corrected chi connectivity index (χ1v) is 7.64. The van der Waals surface area contributed by atoms with Gasteiger partial charge in [-0.2, -0.15) is 4.31 Å². The third-order valence-electron chi connectivity index (χ3n) is 3.27. The average Bonchev–Trinajstić information content (AvgIpc) is 2.38. The predicted molar refractivity (Wildman–Crippen MR) is 73.4 cm³/mol. The number of benzene rings is 1. The number of rotatable bonds is 3. The summed E-state index contributed by atoms with van der Waals surface area (Å²) in [7, 11) is -3.77. The molecule has 1 aliphatic heterocycles. The largest absolute Gasteiger partial charge is 0.398 e. The van der Waals surface area contributed by atoms with Gasteiger partial charge in [-0.25, -0.2) is 8.42 Å². The highest BCUT2D eigenvalue weighted by Gasteiger charge is 2.30. The molecule has 1 atom stereocenters. The second kappa shape index (κ2) is 5.39. The van der Waals surface area contributed by atoms with Gasteiger partial charge in [-0.15, -0.1) is 0 Å². The van der Waals surface area contributed by atoms with Crippen molar-refractivity contribution in [2.45, 2.75) is 23.8 Å². The molecule has 0 bridgehead atoms. The summed E-state index contributed by atoms with van der Waals surface area (Å²) in [6.07, 6.45) is 0.520. The number of aliphatic hydroxyl groups is 1. The number of nitrogen functional groups attached to an aromatic ring is 1. The maximum Gasteiger partial charge on any atom is 0.248 e. The lowest BCUT2D eigenvalue weighted by Gasteiger charge is -2.29. The van der Waals surface area contributed by atoms with Crippen LogP contribution >= 0.6 is 0 Å². The summed E-state index contributed by atoms with van der Waals surface area (Å²) in [5.41, 5.74) is 11.0. The van der Waals surface area contributed by atoms with Crippen molar-refractivity contribution in [2.24, 2.45) is 5.73 Å². The van der Waals surface area contributed by atoms with E-state index in [0.29, 0.717) is 19.4 Å². The van der Waals surface area contributed by atoms with Crippen LogP contribution in [0, 0.1) is 0 Å². The van der Waals surface area contributed by atoms with Crippen molar-refractivity contribution in [1.82, 2.24) is 4.31 Å². The Labute approximate surface area is 117 Å². The van der Waals surface area contributed by atoms with E-state index in [1.165, 1.54) is 22.5 Å². The van der Waals surface area contributed by atoms with Crippen LogP contribution in [-0.2, 0) is 10.0 Å². The topological polar surface area (TPSA) is 127 Å². The van der Waals surface area contributed by atoms with Crippen molar-refractivity contribution in [2.75, 3.05) is 18.8 Å². The number of primary amides is 1. The molecule has 0 saturated carbocycles. The molecule has 1 amide bonds. The van der Waals surface area contributed by atoms with E-state index in [0.717, 1.165) is 0 Å². The molecule has 1 aromatic rings. The zero-order valence-corrected chi connectivity index (χ0v) is 11.6. The summed E-state index contributed by atoms with van der Waals surface area (Å²) in [5.74, 6) is -0.672. The van der Waals surface area contributed by atoms with Crippen LogP contribution in [0.4, 0.5) is 5.69 Å². The minimum atomic E-state index is -3.77. The first kappa shape index (κ1) is 14.8. The van der Waals surface area contributed by atoms with Crippen LogP contribution in [0.5, 0.6) is 0 Å². The van der Waals surface area contributed by atoms with Gasteiger partial charge < -0.3 is 16.6 Å². The molecule has 1 aliphatic rings. The fourth-order valence-corrected chi connectivity index (χ4v) is 3.83. The smallest absolute Gasteiger partial charge is 0.248 e. The first-order chi connectivity index (χ1) is 9.32. The lowest BCUT2D eigenvalue weighted by Crippen LogP contribution is -2.42. The van der Waals surface area contributed by atoms with Crippen molar-refractivity contribution >= 4 is 21.6 Å². The lowest BCUT2D eigenvalue weighted by atomic mass is 10.1. The first-order valence-electron chi connectivity index (χ1n) is 6.20. The molecule has 5 N–H and O–H groups in total. The monoisotopic (exact) mass is 299 g/mol. The second-order valence-electron chi connectivity index (χ2n) is 4.78. The van der Waals surface area contributed by atoms with Gasteiger partial charge in [0.2, 0.25) is 15.9 Å². The van der Waals surface area contributed by atoms with Crippen molar-refractivity contribution in [3.63, 3.8) is 0 Å². The van der Waals surface area contributed by atoms with E-state index in [1.807, 2.05) is 0 Å². The zero-order valence-electron chi connectivity index (χ0n) is 10.8. The Morgan fingerprint density at radius 2 is 2.10 bits per heavy atom. The Balaban J connectivity index is 2.36. The SMILES string of the molecule is NC(=O)c1ccc(S(=O)(=O)N2CCC[C@H](O)C2)c(N)c1. The number of amides is 1. The number of piperidine rings is 1. The Bertz CT molecular complexity index is 630. The van der Waals surface area contributed by atoms with Crippen molar-refractivity contribution in [3.05, 3.63) is 23.8 Å². The molecule has 0 aromatic heterocycles. The number of β-amino-alcohol motifs (C(OH)–C–C–N with tert-alkyl or cyclic N) is 1. The Morgan fingerprint density at radius 3 is 2.65 bits per heavy atom. The Morgan fingerprint density at radius 1 is 1.40 bits per heavy atom. The van der Waals surface area contributed by atoms with E-state index >= 15 is 0 Å². The van der Waals surface area contributed by atoms with Gasteiger partial charge in [0.25, 0.3) is 0 Å². The number of carbonyl (C=O) groups excluding carboxylic acids is 1. The van der Waals surface area contributed by atoms with Crippen molar-refractivity contribution in [3.8, 4) is 0 Å². The molecule has 8 heteroatoms. The maximum atomic E-state index is 12.5. The second-order valence-corrected chi connectivity index (χ2v) is 6.68. The van der Waals surface area contributed by atoms with Gasteiger partial charge in [-0.3, -0.25) is 4.79 Å². The van der Waals surface area contributed by atoms with E-state index in [2.05, 4.69) is 0 Å². The normalized spacial score (nSPS) is 20.8. The van der Waals surface area contributed by atoms with Crippen molar-refractivity contribution in [1.29, 1.82) is 0 Å². The molecule has 0 unspecified atom stereocenters. The number of anilines is 1. The molecule has 110 valence electrons. The van der Waals surface area contributed by atoms with E-state index in [-0.39, 0.29) is 22.7 Å². The number of hydrogen-bond donors (Lipinski definition) is 3. The molecule has 20 heavy (non-hydrogen) atoms. The number of nitrogens with zero attached hydrogens (tertiary/aromatic N) is 1. The summed E-state index contributed by atoms with van der Waals surface area (Å²) in [6.45, 7) is 0.399. The molecular weight excluding hydrogens is 282 g/mol. The molecule has 1 heterocycles. The maximum absolute atomic E-state index is 12.5. The third kappa shape index (κ3) is 2.77. The molecule has 2 rings (SSSR count). The Hall–Kier alpha value is -1.64. The highest BCUT2D eigenvalue weighted by atomic mass is 32.2. The summed E-state index contributed by atoms with van der Waals surface area (Å²) in [6, 6.07) is 3.84. The molecular formula is C12H17N3O4S. The van der Waals surface area contributed by atoms with Crippen LogP contribution in [-0.4, -0.2) is 42.9 Å². The highest BCUT2D eigenvalue weighted by Crippen LogP contribution is 2.26. The van der Waals surface area contributed by atoms with Gasteiger partial charge in [0.1, 0.15) is 4.90 Å². The van der Waals surface area contributed by atoms with Gasteiger partial charge in [-0.1, -0.05) is 0 Å². The van der Waals surface area contributed by atoms with E-state index in [4.69, 9.17) is 11.5 Å². The van der Waals surface area contributed by atoms with Crippen LogP contribution in [0.1, 0.15) is 23.2 Å². The van der Waals surface area contributed by atoms with E-state index in [1.54, 1.807) is 0 Å². The summed E-state index contributed by atoms with van der Waals surface area (Å²) < 4.78 is 26.1. The fraction of sp³-hybridized carbons (Fsp3) is 0.417. The fourth-order valence-electron chi connectivity index (χ4n) is 2.21. The summed E-state index contributed by atoms with van der Waals surface area (Å²) in [5, 5.41) is 9.58. The van der Waals surface area contributed by atoms with Gasteiger partial charge in [0.15, 0.2) is 0 Å². The van der Waals surface area contributed by atoms with Crippen LogP contribution in [0.15, 0.2) is 23.1 Å². The van der Waals surface area contributed by atoms with E-state index in [9.17, 15) is 18.3 Å². The molecule has 7 nitrogen and oxygen atoms in total. The highest BCUT2D eigenvalue weighted by molar-refractivity contribution is 7.89.